The molecule has 0 bridgehead atoms. The number of alkyl halides is 1. The molecule has 0 radical (unpaired) electrons. The number of unbranched alkanes of at least 4 members (excludes halogenated alkanes) is 1. The van der Waals surface area contributed by atoms with Crippen molar-refractivity contribution in [1.29, 1.82) is 0 Å². The van der Waals surface area contributed by atoms with E-state index in [9.17, 15) is 9.59 Å². The van der Waals surface area contributed by atoms with Crippen molar-refractivity contribution in [1.82, 2.24) is 4.72 Å². The molecular formula is C15H18ClNO2S. The van der Waals surface area contributed by atoms with Gasteiger partial charge in [0, 0.05) is 29.0 Å². The first kappa shape index (κ1) is 16.8. The monoisotopic (exact) mass is 311 g/mol. The van der Waals surface area contributed by atoms with Crippen LogP contribution in [0.1, 0.15) is 36.5 Å². The Kier molecular flexibility index (Phi) is 8.07. The van der Waals surface area contributed by atoms with Crippen LogP contribution in [0, 0.1) is 0 Å². The van der Waals surface area contributed by atoms with Crippen molar-refractivity contribution in [3.05, 3.63) is 47.5 Å². The fraction of sp³-hybridized carbons (Fsp3) is 0.333. The van der Waals surface area contributed by atoms with Crippen LogP contribution in [0.5, 0.6) is 0 Å². The zero-order valence-electron chi connectivity index (χ0n) is 11.4. The van der Waals surface area contributed by atoms with Gasteiger partial charge in [-0.15, -0.1) is 11.6 Å². The van der Waals surface area contributed by atoms with E-state index in [2.05, 4.69) is 11.6 Å². The molecule has 1 aromatic rings. The topological polar surface area (TPSA) is 46.2 Å². The van der Waals surface area contributed by atoms with E-state index in [0.717, 1.165) is 24.8 Å². The predicted molar refractivity (Wildman–Crippen MR) is 84.8 cm³/mol. The highest BCUT2D eigenvalue weighted by molar-refractivity contribution is 8.12. The number of hydrogen-bond acceptors (Lipinski definition) is 3. The van der Waals surface area contributed by atoms with Gasteiger partial charge in [0.1, 0.15) is 0 Å². The smallest absolute Gasteiger partial charge is 0.257 e. The number of carbonyl (C=O) groups is 2. The van der Waals surface area contributed by atoms with E-state index < -0.39 is 0 Å². The van der Waals surface area contributed by atoms with Crippen molar-refractivity contribution < 1.29 is 9.59 Å². The van der Waals surface area contributed by atoms with Crippen LogP contribution in [-0.2, 0) is 4.79 Å². The molecule has 1 rings (SSSR count). The van der Waals surface area contributed by atoms with Gasteiger partial charge in [-0.2, -0.15) is 0 Å². The molecule has 1 N–H and O–H groups in total. The number of carbonyl (C=O) groups excluding carboxylic acids is 2. The van der Waals surface area contributed by atoms with Crippen LogP contribution < -0.4 is 4.72 Å². The normalized spacial score (nSPS) is 11.2. The molecule has 0 spiro atoms. The lowest BCUT2D eigenvalue weighted by atomic mass is 10.1. The van der Waals surface area contributed by atoms with Crippen LogP contribution in [0.15, 0.2) is 42.0 Å². The van der Waals surface area contributed by atoms with Gasteiger partial charge in [0.15, 0.2) is 0 Å². The maximum absolute atomic E-state index is 12.0. The highest BCUT2D eigenvalue weighted by atomic mass is 35.5. The lowest BCUT2D eigenvalue weighted by molar-refractivity contribution is -0.115. The van der Waals surface area contributed by atoms with Gasteiger partial charge >= 0.3 is 0 Å². The van der Waals surface area contributed by atoms with Gasteiger partial charge in [-0.05, 0) is 12.8 Å². The minimum absolute atomic E-state index is 0.181. The van der Waals surface area contributed by atoms with Gasteiger partial charge < -0.3 is 0 Å². The molecule has 5 heteroatoms. The number of benzene rings is 1. The Morgan fingerprint density at radius 2 is 2.00 bits per heavy atom. The van der Waals surface area contributed by atoms with E-state index in [0.29, 0.717) is 23.4 Å². The summed E-state index contributed by atoms with van der Waals surface area (Å²) in [7, 11) is 0. The van der Waals surface area contributed by atoms with E-state index >= 15 is 0 Å². The third-order valence-electron chi connectivity index (χ3n) is 2.66. The summed E-state index contributed by atoms with van der Waals surface area (Å²) < 4.78 is 2.58. The standard InChI is InChI=1S/C15H18ClNO2S/c1-2-3-7-12(10-11-16)14(18)17-20-15(19)13-8-5-4-6-9-13/h4-6,8-10H,2-3,7,11H2,1H3,(H,17,18). The molecular weight excluding hydrogens is 294 g/mol. The van der Waals surface area contributed by atoms with Gasteiger partial charge in [0.2, 0.25) is 5.12 Å². The van der Waals surface area contributed by atoms with Crippen molar-refractivity contribution in [2.45, 2.75) is 26.2 Å². The molecule has 0 atom stereocenters. The highest BCUT2D eigenvalue weighted by Gasteiger charge is 2.12. The summed E-state index contributed by atoms with van der Waals surface area (Å²) >= 11 is 6.45. The maximum Gasteiger partial charge on any atom is 0.257 e. The predicted octanol–water partition coefficient (Wildman–Crippen LogP) is 3.95. The molecule has 0 saturated carbocycles. The summed E-state index contributed by atoms with van der Waals surface area (Å²) in [6, 6.07) is 8.85. The second-order valence-electron chi connectivity index (χ2n) is 4.17. The third-order valence-corrected chi connectivity index (χ3v) is 3.52. The fourth-order valence-corrected chi connectivity index (χ4v) is 2.32. The summed E-state index contributed by atoms with van der Waals surface area (Å²) in [5.74, 6) is 0.0532. The SMILES string of the molecule is CCCCC(=CCCl)C(=O)NSC(=O)c1ccccc1. The zero-order valence-corrected chi connectivity index (χ0v) is 13.0. The Hall–Kier alpha value is -1.26. The third kappa shape index (κ3) is 5.80. The van der Waals surface area contributed by atoms with E-state index in [4.69, 9.17) is 11.6 Å². The molecule has 0 saturated heterocycles. The van der Waals surface area contributed by atoms with Gasteiger partial charge in [-0.3, -0.25) is 14.3 Å². The lowest BCUT2D eigenvalue weighted by Gasteiger charge is -2.07. The summed E-state index contributed by atoms with van der Waals surface area (Å²) in [5, 5.41) is -0.181. The first-order valence-electron chi connectivity index (χ1n) is 6.50. The van der Waals surface area contributed by atoms with Crippen LogP contribution >= 0.6 is 23.5 Å². The van der Waals surface area contributed by atoms with Crippen LogP contribution in [0.3, 0.4) is 0 Å². The molecule has 1 amide bonds. The number of amides is 1. The second kappa shape index (κ2) is 9.61. The molecule has 3 nitrogen and oxygen atoms in total. The molecule has 0 fully saturated rings. The Morgan fingerprint density at radius 3 is 2.60 bits per heavy atom. The van der Waals surface area contributed by atoms with Gasteiger partial charge in [0.25, 0.3) is 5.91 Å². The van der Waals surface area contributed by atoms with E-state index in [1.807, 2.05) is 6.07 Å². The van der Waals surface area contributed by atoms with Crippen molar-refractivity contribution >= 4 is 34.6 Å². The van der Waals surface area contributed by atoms with E-state index in [1.165, 1.54) is 0 Å². The summed E-state index contributed by atoms with van der Waals surface area (Å²) in [6.45, 7) is 2.06. The Balaban J connectivity index is 2.53. The molecule has 0 heterocycles. The highest BCUT2D eigenvalue weighted by Crippen LogP contribution is 2.13. The van der Waals surface area contributed by atoms with Crippen molar-refractivity contribution in [2.24, 2.45) is 0 Å². The van der Waals surface area contributed by atoms with Crippen molar-refractivity contribution in [2.75, 3.05) is 5.88 Å². The number of rotatable bonds is 6. The summed E-state index contributed by atoms with van der Waals surface area (Å²) in [6.07, 6.45) is 4.30. The number of nitrogens with one attached hydrogen (secondary N) is 1. The maximum atomic E-state index is 12.0. The molecule has 108 valence electrons. The first-order chi connectivity index (χ1) is 9.69. The van der Waals surface area contributed by atoms with Crippen LogP contribution in [-0.4, -0.2) is 16.9 Å². The molecule has 0 unspecified atom stereocenters. The largest absolute Gasteiger partial charge is 0.289 e. The summed E-state index contributed by atoms with van der Waals surface area (Å²) in [4.78, 5) is 23.8. The molecule has 0 aliphatic carbocycles. The first-order valence-corrected chi connectivity index (χ1v) is 7.85. The van der Waals surface area contributed by atoms with Crippen molar-refractivity contribution in [3.8, 4) is 0 Å². The average molecular weight is 312 g/mol. The second-order valence-corrected chi connectivity index (χ2v) is 5.26. The van der Waals surface area contributed by atoms with Gasteiger partial charge in [-0.1, -0.05) is 49.8 Å². The summed E-state index contributed by atoms with van der Waals surface area (Å²) in [5.41, 5.74) is 1.20. The van der Waals surface area contributed by atoms with Gasteiger partial charge in [0.05, 0.1) is 0 Å². The zero-order chi connectivity index (χ0) is 14.8. The minimum Gasteiger partial charge on any atom is -0.289 e. The van der Waals surface area contributed by atoms with Gasteiger partial charge in [-0.25, -0.2) is 0 Å². The number of allylic oxidation sites excluding steroid dienone is 1. The van der Waals surface area contributed by atoms with E-state index in [1.54, 1.807) is 30.3 Å². The minimum atomic E-state index is -0.242. The molecule has 1 aromatic carbocycles. The Morgan fingerprint density at radius 1 is 1.30 bits per heavy atom. The van der Waals surface area contributed by atoms with Crippen LogP contribution in [0.4, 0.5) is 0 Å². The molecule has 20 heavy (non-hydrogen) atoms. The number of halogens is 1. The molecule has 0 aromatic heterocycles. The fourth-order valence-electron chi connectivity index (χ4n) is 1.56. The van der Waals surface area contributed by atoms with E-state index in [-0.39, 0.29) is 11.0 Å². The Bertz CT molecular complexity index is 474. The quantitative estimate of drug-likeness (QED) is 0.491. The van der Waals surface area contributed by atoms with Crippen LogP contribution in [0.2, 0.25) is 0 Å². The number of hydrogen-bond donors (Lipinski definition) is 1. The van der Waals surface area contributed by atoms with Crippen LogP contribution in [0.25, 0.3) is 0 Å². The Labute approximate surface area is 128 Å². The lowest BCUT2D eigenvalue weighted by Crippen LogP contribution is -2.20. The molecule has 0 aliphatic heterocycles. The average Bonchev–Trinajstić information content (AvgIpc) is 2.49. The molecule has 0 aliphatic rings. The van der Waals surface area contributed by atoms with Crippen molar-refractivity contribution in [3.63, 3.8) is 0 Å².